The van der Waals surface area contributed by atoms with E-state index in [9.17, 15) is 0 Å². The fourth-order valence-electron chi connectivity index (χ4n) is 0.736. The molecule has 2 N–H and O–H groups in total. The van der Waals surface area contributed by atoms with Gasteiger partial charge in [0, 0.05) is 0 Å². The highest BCUT2D eigenvalue weighted by Gasteiger charge is 2.02. The molecule has 0 aliphatic carbocycles. The van der Waals surface area contributed by atoms with Gasteiger partial charge in [-0.2, -0.15) is 0 Å². The number of aliphatic hydroxyl groups excluding tert-OH is 2. The zero-order valence-electron chi connectivity index (χ0n) is 6.44. The van der Waals surface area contributed by atoms with Crippen molar-refractivity contribution in [2.45, 2.75) is 6.10 Å². The molecule has 0 aromatic heterocycles. The lowest BCUT2D eigenvalue weighted by molar-refractivity contribution is 0.0956. The summed E-state index contributed by atoms with van der Waals surface area (Å²) in [6.07, 6.45) is -1.10. The van der Waals surface area contributed by atoms with Gasteiger partial charge in [0.1, 0.15) is 6.10 Å². The van der Waals surface area contributed by atoms with E-state index in [-0.39, 0.29) is 0 Å². The second kappa shape index (κ2) is 3.34. The number of hydrogen-bond donors (Lipinski definition) is 2. The quantitative estimate of drug-likeness (QED) is 0.633. The van der Waals surface area contributed by atoms with E-state index in [2.05, 4.69) is 0 Å². The van der Waals surface area contributed by atoms with Gasteiger partial charge < -0.3 is 10.2 Å². The predicted molar refractivity (Wildman–Crippen MR) is 38.5 cm³/mol. The van der Waals surface area contributed by atoms with Crippen molar-refractivity contribution in [3.8, 4) is 0 Å². The molecule has 2 nitrogen and oxygen atoms in total. The van der Waals surface area contributed by atoms with Crippen molar-refractivity contribution in [3.05, 3.63) is 35.9 Å². The van der Waals surface area contributed by atoms with Gasteiger partial charge in [-0.05, 0) is 5.56 Å². The molecule has 0 aliphatic rings. The highest BCUT2D eigenvalue weighted by molar-refractivity contribution is 5.16. The van der Waals surface area contributed by atoms with Gasteiger partial charge in [0.2, 0.25) is 0 Å². The summed E-state index contributed by atoms with van der Waals surface area (Å²) in [6, 6.07) is 8.65. The lowest BCUT2D eigenvalue weighted by Gasteiger charge is -2.05. The van der Waals surface area contributed by atoms with Crippen LogP contribution in [-0.2, 0) is 0 Å². The second-order valence-corrected chi connectivity index (χ2v) is 2.00. The van der Waals surface area contributed by atoms with Crippen LogP contribution in [0.2, 0.25) is 0 Å². The molecule has 0 radical (unpaired) electrons. The molecule has 0 aliphatic heterocycles. The lowest BCUT2D eigenvalue weighted by atomic mass is 10.1. The van der Waals surface area contributed by atoms with Crippen LogP contribution >= 0.6 is 0 Å². The zero-order valence-corrected chi connectivity index (χ0v) is 5.44. The van der Waals surface area contributed by atoms with Crippen molar-refractivity contribution in [1.29, 1.82) is 0 Å². The topological polar surface area (TPSA) is 40.5 Å². The van der Waals surface area contributed by atoms with Crippen LogP contribution in [-0.4, -0.2) is 16.8 Å². The molecule has 0 spiro atoms. The first-order valence-corrected chi connectivity index (χ1v) is 3.05. The van der Waals surface area contributed by atoms with E-state index < -0.39 is 12.7 Å². The molecule has 2 heteroatoms. The summed E-state index contributed by atoms with van der Waals surface area (Å²) in [5, 5.41) is 17.9. The zero-order chi connectivity index (χ0) is 8.27. The minimum absolute atomic E-state index is 0.565. The molecule has 0 heterocycles. The molecule has 0 fully saturated rings. The fourth-order valence-corrected chi connectivity index (χ4v) is 0.736. The second-order valence-electron chi connectivity index (χ2n) is 2.00. The van der Waals surface area contributed by atoms with Crippen LogP contribution in [0, 0.1) is 0 Å². The van der Waals surface area contributed by atoms with E-state index in [4.69, 9.17) is 11.6 Å². The third-order valence-corrected chi connectivity index (χ3v) is 1.28. The van der Waals surface area contributed by atoms with Crippen molar-refractivity contribution in [2.75, 3.05) is 6.58 Å². The summed E-state index contributed by atoms with van der Waals surface area (Å²) in [5.41, 5.74) is 0.565. The van der Waals surface area contributed by atoms with Gasteiger partial charge in [0.25, 0.3) is 0 Å². The van der Waals surface area contributed by atoms with Gasteiger partial charge in [-0.15, -0.1) is 0 Å². The molecule has 1 aromatic rings. The summed E-state index contributed by atoms with van der Waals surface area (Å²) in [5.74, 6) is 0. The molecule has 1 aromatic carbocycles. The first kappa shape index (κ1) is 5.89. The summed E-state index contributed by atoms with van der Waals surface area (Å²) in [4.78, 5) is 0. The number of rotatable bonds is 2. The van der Waals surface area contributed by atoms with Crippen molar-refractivity contribution >= 4 is 0 Å². The summed E-state index contributed by atoms with van der Waals surface area (Å²) in [6.45, 7) is -1.46. The molecule has 0 amide bonds. The Morgan fingerprint density at radius 1 is 1.40 bits per heavy atom. The Kier molecular flexibility index (Phi) is 1.97. The third-order valence-electron chi connectivity index (χ3n) is 1.28. The smallest absolute Gasteiger partial charge is 0.102 e. The molecule has 54 valence electrons. The molecular formula is C8H10O2. The average Bonchev–Trinajstić information content (AvgIpc) is 2.05. The molecule has 0 saturated carbocycles. The van der Waals surface area contributed by atoms with Crippen LogP contribution in [0.5, 0.6) is 0 Å². The van der Waals surface area contributed by atoms with Gasteiger partial charge in [0.05, 0.1) is 7.95 Å². The molecule has 0 bridgehead atoms. The number of hydrogen-bond acceptors (Lipinski definition) is 2. The van der Waals surface area contributed by atoms with Gasteiger partial charge >= 0.3 is 0 Å². The highest BCUT2D eigenvalue weighted by atomic mass is 16.3. The van der Waals surface area contributed by atoms with Gasteiger partial charge in [0.15, 0.2) is 0 Å². The van der Waals surface area contributed by atoms with Gasteiger partial charge in [-0.3, -0.25) is 0 Å². The Morgan fingerprint density at radius 2 is 2.00 bits per heavy atom. The minimum atomic E-state index is -1.46. The van der Waals surface area contributed by atoms with Crippen LogP contribution in [0.3, 0.4) is 0 Å². The normalized spacial score (nSPS) is 17.6. The Morgan fingerprint density at radius 3 is 2.50 bits per heavy atom. The summed E-state index contributed by atoms with van der Waals surface area (Å²) in [7, 11) is 0. The van der Waals surface area contributed by atoms with Crippen LogP contribution in [0.4, 0.5) is 0 Å². The standard InChI is InChI=1S/C8H10O2/c9-6-8(10)7-4-2-1-3-5-7/h1-5,8-10H,6H2/t8-/m0/s1/i6D/t6-,8+/m1. The molecule has 1 rings (SSSR count). The Balaban J connectivity index is 2.77. The number of aliphatic hydroxyl groups is 2. The minimum Gasteiger partial charge on any atom is -0.393 e. The van der Waals surface area contributed by atoms with E-state index in [0.29, 0.717) is 5.56 Å². The monoisotopic (exact) mass is 139 g/mol. The van der Waals surface area contributed by atoms with Crippen LogP contribution in [0.25, 0.3) is 0 Å². The van der Waals surface area contributed by atoms with E-state index in [1.165, 1.54) is 0 Å². The maximum absolute atomic E-state index is 9.16. The fraction of sp³-hybridized carbons (Fsp3) is 0.250. The van der Waals surface area contributed by atoms with Crippen LogP contribution in [0.15, 0.2) is 30.3 Å². The first-order valence-electron chi connectivity index (χ1n) is 3.63. The highest BCUT2D eigenvalue weighted by Crippen LogP contribution is 2.09. The van der Waals surface area contributed by atoms with Crippen molar-refractivity contribution in [3.63, 3.8) is 0 Å². The van der Waals surface area contributed by atoms with E-state index in [0.717, 1.165) is 0 Å². The molecule has 10 heavy (non-hydrogen) atoms. The molecule has 0 saturated heterocycles. The summed E-state index contributed by atoms with van der Waals surface area (Å²) < 4.78 is 6.83. The van der Waals surface area contributed by atoms with Crippen LogP contribution < -0.4 is 0 Å². The van der Waals surface area contributed by atoms with E-state index in [1.807, 2.05) is 6.07 Å². The van der Waals surface area contributed by atoms with Crippen molar-refractivity contribution in [1.82, 2.24) is 0 Å². The van der Waals surface area contributed by atoms with Gasteiger partial charge in [-0.25, -0.2) is 0 Å². The Hall–Kier alpha value is -0.860. The van der Waals surface area contributed by atoms with Gasteiger partial charge in [-0.1, -0.05) is 30.3 Å². The molecule has 2 atom stereocenters. The maximum atomic E-state index is 9.16. The maximum Gasteiger partial charge on any atom is 0.102 e. The number of benzene rings is 1. The largest absolute Gasteiger partial charge is 0.393 e. The van der Waals surface area contributed by atoms with E-state index >= 15 is 0 Å². The third kappa shape index (κ3) is 1.56. The molecular weight excluding hydrogens is 128 g/mol. The Labute approximate surface area is 61.2 Å². The van der Waals surface area contributed by atoms with Crippen molar-refractivity contribution in [2.24, 2.45) is 0 Å². The average molecular weight is 139 g/mol. The van der Waals surface area contributed by atoms with Crippen LogP contribution in [0.1, 0.15) is 13.0 Å². The SMILES string of the molecule is [2H][C@@H](O)[C@H](O)c1ccccc1. The van der Waals surface area contributed by atoms with Crippen molar-refractivity contribution < 1.29 is 11.6 Å². The first-order chi connectivity index (χ1) is 5.22. The molecule has 0 unspecified atom stereocenters. The lowest BCUT2D eigenvalue weighted by Crippen LogP contribution is -2.01. The Bertz CT molecular complexity index is 211. The van der Waals surface area contributed by atoms with E-state index in [1.54, 1.807) is 24.3 Å². The summed E-state index contributed by atoms with van der Waals surface area (Å²) >= 11 is 0. The predicted octanol–water partition coefficient (Wildman–Crippen LogP) is 0.712.